The molecular formula is C20H33N. The normalized spacial score (nSPS) is 22.9. The minimum absolute atomic E-state index is 0.451. The Bertz CT molecular complexity index is 416. The second-order valence-corrected chi connectivity index (χ2v) is 8.53. The van der Waals surface area contributed by atoms with Gasteiger partial charge in [-0.15, -0.1) is 0 Å². The first-order chi connectivity index (χ1) is 9.81. The maximum absolute atomic E-state index is 3.98. The first kappa shape index (κ1) is 16.5. The molecule has 21 heavy (non-hydrogen) atoms. The van der Waals surface area contributed by atoms with Crippen molar-refractivity contribution in [2.75, 3.05) is 0 Å². The van der Waals surface area contributed by atoms with Gasteiger partial charge in [0.1, 0.15) is 0 Å². The van der Waals surface area contributed by atoms with Crippen LogP contribution in [0.2, 0.25) is 0 Å². The van der Waals surface area contributed by atoms with Crippen LogP contribution in [0.5, 0.6) is 0 Å². The van der Waals surface area contributed by atoms with Crippen LogP contribution in [0.3, 0.4) is 0 Å². The van der Waals surface area contributed by atoms with E-state index in [0.717, 1.165) is 0 Å². The van der Waals surface area contributed by atoms with Crippen molar-refractivity contribution in [2.45, 2.75) is 78.8 Å². The van der Waals surface area contributed by atoms with E-state index in [9.17, 15) is 0 Å². The number of nitrogens with one attached hydrogen (secondary N) is 1. The van der Waals surface area contributed by atoms with Gasteiger partial charge in [-0.25, -0.2) is 0 Å². The molecule has 0 aliphatic heterocycles. The van der Waals surface area contributed by atoms with Crippen LogP contribution < -0.4 is 5.32 Å². The first-order valence-corrected chi connectivity index (χ1v) is 8.62. The van der Waals surface area contributed by atoms with Gasteiger partial charge in [0.2, 0.25) is 0 Å². The Morgan fingerprint density at radius 2 is 1.62 bits per heavy atom. The highest BCUT2D eigenvalue weighted by atomic mass is 15.0. The second kappa shape index (κ2) is 6.52. The molecule has 0 bridgehead atoms. The highest BCUT2D eigenvalue weighted by Crippen LogP contribution is 2.46. The van der Waals surface area contributed by atoms with Crippen molar-refractivity contribution < 1.29 is 0 Å². The number of rotatable bonds is 5. The smallest absolute Gasteiger partial charge is 0.0322 e. The third-order valence-electron chi connectivity index (χ3n) is 4.77. The Hall–Kier alpha value is -0.820. The number of benzene rings is 1. The van der Waals surface area contributed by atoms with Crippen molar-refractivity contribution in [1.29, 1.82) is 0 Å². The molecule has 1 fully saturated rings. The number of hydrogen-bond donors (Lipinski definition) is 1. The lowest BCUT2D eigenvalue weighted by atomic mass is 9.63. The van der Waals surface area contributed by atoms with E-state index in [1.54, 1.807) is 0 Å². The monoisotopic (exact) mass is 287 g/mol. The van der Waals surface area contributed by atoms with Crippen LogP contribution in [0.1, 0.15) is 78.3 Å². The molecule has 0 heterocycles. The van der Waals surface area contributed by atoms with E-state index >= 15 is 0 Å². The fraction of sp³-hybridized carbons (Fsp3) is 0.700. The molecule has 1 aromatic rings. The minimum atomic E-state index is 0.451. The van der Waals surface area contributed by atoms with Gasteiger partial charge in [0.25, 0.3) is 0 Å². The predicted molar refractivity (Wildman–Crippen MR) is 92.4 cm³/mol. The van der Waals surface area contributed by atoms with Crippen LogP contribution in [-0.4, -0.2) is 6.04 Å². The third kappa shape index (κ3) is 4.85. The van der Waals surface area contributed by atoms with Crippen molar-refractivity contribution >= 4 is 0 Å². The fourth-order valence-electron chi connectivity index (χ4n) is 4.57. The van der Waals surface area contributed by atoms with Crippen molar-refractivity contribution in [3.05, 3.63) is 35.9 Å². The summed E-state index contributed by atoms with van der Waals surface area (Å²) >= 11 is 0. The molecule has 1 nitrogen and oxygen atoms in total. The summed E-state index contributed by atoms with van der Waals surface area (Å²) in [5.41, 5.74) is 2.35. The summed E-state index contributed by atoms with van der Waals surface area (Å²) < 4.78 is 0. The molecule has 1 aliphatic carbocycles. The average Bonchev–Trinajstić information content (AvgIpc) is 2.35. The molecule has 2 rings (SSSR count). The zero-order chi connectivity index (χ0) is 15.5. The fourth-order valence-corrected chi connectivity index (χ4v) is 4.57. The molecule has 0 radical (unpaired) electrons. The lowest BCUT2D eigenvalue weighted by Crippen LogP contribution is -2.45. The molecule has 0 aromatic heterocycles. The van der Waals surface area contributed by atoms with E-state index in [-0.39, 0.29) is 0 Å². The summed E-state index contributed by atoms with van der Waals surface area (Å²) in [6, 6.07) is 12.1. The molecule has 1 atom stereocenters. The molecule has 0 spiro atoms. The standard InChI is InChI=1S/C20H33N/c1-6-10-18(16-11-8-7-9-12-16)21-17-13-19(2,3)15-20(4,5)14-17/h7-9,11-12,17-18,21H,6,10,13-15H2,1-5H3. The molecule has 118 valence electrons. The topological polar surface area (TPSA) is 12.0 Å². The highest BCUT2D eigenvalue weighted by molar-refractivity contribution is 5.19. The van der Waals surface area contributed by atoms with Crippen molar-refractivity contribution in [3.8, 4) is 0 Å². The Labute approximate surface area is 131 Å². The maximum Gasteiger partial charge on any atom is 0.0322 e. The summed E-state index contributed by atoms with van der Waals surface area (Å²) in [6.45, 7) is 12.0. The summed E-state index contributed by atoms with van der Waals surface area (Å²) in [7, 11) is 0. The van der Waals surface area contributed by atoms with E-state index < -0.39 is 0 Å². The maximum atomic E-state index is 3.98. The van der Waals surface area contributed by atoms with E-state index in [2.05, 4.69) is 70.3 Å². The van der Waals surface area contributed by atoms with Crippen molar-refractivity contribution in [1.82, 2.24) is 5.32 Å². The summed E-state index contributed by atoms with van der Waals surface area (Å²) in [5, 5.41) is 3.98. The molecule has 0 saturated heterocycles. The van der Waals surface area contributed by atoms with E-state index in [0.29, 0.717) is 22.9 Å². The van der Waals surface area contributed by atoms with Gasteiger partial charge in [-0.2, -0.15) is 0 Å². The van der Waals surface area contributed by atoms with Crippen LogP contribution in [0, 0.1) is 10.8 Å². The quantitative estimate of drug-likeness (QED) is 0.730. The zero-order valence-electron chi connectivity index (χ0n) is 14.6. The molecule has 1 saturated carbocycles. The molecule has 1 heteroatoms. The van der Waals surface area contributed by atoms with Crippen molar-refractivity contribution in [3.63, 3.8) is 0 Å². The highest BCUT2D eigenvalue weighted by Gasteiger charge is 2.38. The van der Waals surface area contributed by atoms with Crippen LogP contribution in [0.15, 0.2) is 30.3 Å². The van der Waals surface area contributed by atoms with Gasteiger partial charge in [0.05, 0.1) is 0 Å². The molecule has 1 N–H and O–H groups in total. The largest absolute Gasteiger partial charge is 0.307 e. The lowest BCUT2D eigenvalue weighted by Gasteiger charge is -2.46. The molecule has 1 aliphatic rings. The van der Waals surface area contributed by atoms with Crippen LogP contribution in [0.25, 0.3) is 0 Å². The summed E-state index contributed by atoms with van der Waals surface area (Å²) in [6.07, 6.45) is 6.38. The van der Waals surface area contributed by atoms with Crippen LogP contribution in [-0.2, 0) is 0 Å². The Balaban J connectivity index is 2.10. The van der Waals surface area contributed by atoms with Gasteiger partial charge in [-0.1, -0.05) is 71.4 Å². The number of hydrogen-bond acceptors (Lipinski definition) is 1. The van der Waals surface area contributed by atoms with E-state index in [4.69, 9.17) is 0 Å². The SMILES string of the molecule is CCCC(NC1CC(C)(C)CC(C)(C)C1)c1ccccc1. The second-order valence-electron chi connectivity index (χ2n) is 8.53. The molecule has 1 unspecified atom stereocenters. The lowest BCUT2D eigenvalue weighted by molar-refractivity contribution is 0.0795. The van der Waals surface area contributed by atoms with Gasteiger partial charge >= 0.3 is 0 Å². The van der Waals surface area contributed by atoms with Gasteiger partial charge in [0.15, 0.2) is 0 Å². The Kier molecular flexibility index (Phi) is 5.14. The van der Waals surface area contributed by atoms with Crippen LogP contribution >= 0.6 is 0 Å². The first-order valence-electron chi connectivity index (χ1n) is 8.62. The van der Waals surface area contributed by atoms with Crippen molar-refractivity contribution in [2.24, 2.45) is 10.8 Å². The van der Waals surface area contributed by atoms with E-state index in [1.807, 2.05) is 0 Å². The summed E-state index contributed by atoms with van der Waals surface area (Å²) in [5.74, 6) is 0. The minimum Gasteiger partial charge on any atom is -0.307 e. The van der Waals surface area contributed by atoms with Gasteiger partial charge in [-0.05, 0) is 42.1 Å². The van der Waals surface area contributed by atoms with Gasteiger partial charge < -0.3 is 5.32 Å². The predicted octanol–water partition coefficient (Wildman–Crippen LogP) is 5.72. The Morgan fingerprint density at radius 3 is 2.14 bits per heavy atom. The van der Waals surface area contributed by atoms with E-state index in [1.165, 1.54) is 37.7 Å². The average molecular weight is 287 g/mol. The Morgan fingerprint density at radius 1 is 1.05 bits per heavy atom. The molecular weight excluding hydrogens is 254 g/mol. The summed E-state index contributed by atoms with van der Waals surface area (Å²) in [4.78, 5) is 0. The third-order valence-corrected chi connectivity index (χ3v) is 4.77. The van der Waals surface area contributed by atoms with Gasteiger partial charge in [-0.3, -0.25) is 0 Å². The van der Waals surface area contributed by atoms with Crippen LogP contribution in [0.4, 0.5) is 0 Å². The molecule has 0 amide bonds. The zero-order valence-corrected chi connectivity index (χ0v) is 14.6. The molecule has 1 aromatic carbocycles. The van der Waals surface area contributed by atoms with Gasteiger partial charge in [0, 0.05) is 12.1 Å².